The van der Waals surface area contributed by atoms with Gasteiger partial charge in [-0.15, -0.1) is 9.24 Å². The zero-order valence-electron chi connectivity index (χ0n) is 12.0. The van der Waals surface area contributed by atoms with Gasteiger partial charge in [0.05, 0.1) is 0 Å². The van der Waals surface area contributed by atoms with E-state index in [1.54, 1.807) is 0 Å². The van der Waals surface area contributed by atoms with E-state index in [1.807, 2.05) is 5.82 Å². The first-order chi connectivity index (χ1) is 10.3. The van der Waals surface area contributed by atoms with Gasteiger partial charge in [-0.1, -0.05) is 54.6 Å². The van der Waals surface area contributed by atoms with Gasteiger partial charge in [-0.3, -0.25) is 0 Å². The average molecular weight is 291 g/mol. The molecule has 0 saturated carbocycles. The summed E-state index contributed by atoms with van der Waals surface area (Å²) in [6, 6.07) is 17.0. The molecule has 1 nitrogen and oxygen atoms in total. The molecule has 1 N–H and O–H groups in total. The summed E-state index contributed by atoms with van der Waals surface area (Å²) in [4.78, 5) is 0. The van der Waals surface area contributed by atoms with Crippen LogP contribution in [0.2, 0.25) is 0 Å². The highest BCUT2D eigenvalue weighted by Crippen LogP contribution is 2.32. The molecule has 0 spiro atoms. The van der Waals surface area contributed by atoms with Gasteiger partial charge < -0.3 is 5.32 Å². The van der Waals surface area contributed by atoms with Crippen LogP contribution in [0.1, 0.15) is 11.1 Å². The van der Waals surface area contributed by atoms with Gasteiger partial charge in [-0.05, 0) is 41.6 Å². The maximum absolute atomic E-state index is 3.48. The maximum Gasteiger partial charge on any atom is 0.0466 e. The quantitative estimate of drug-likeness (QED) is 0.778. The fourth-order valence-corrected chi connectivity index (χ4v) is 2.81. The molecule has 0 aliphatic carbocycles. The zero-order valence-corrected chi connectivity index (χ0v) is 13.2. The lowest BCUT2D eigenvalue weighted by atomic mass is 9.93. The molecule has 1 heterocycles. The Morgan fingerprint density at radius 1 is 1.00 bits per heavy atom. The lowest BCUT2D eigenvalue weighted by Crippen LogP contribution is -2.14. The average Bonchev–Trinajstić information content (AvgIpc) is 2.55. The third-order valence-electron chi connectivity index (χ3n) is 3.62. The molecule has 3 rings (SSSR count). The largest absolute Gasteiger partial charge is 0.355 e. The van der Waals surface area contributed by atoms with Gasteiger partial charge in [0, 0.05) is 17.0 Å². The normalized spacial score (nSPS) is 15.7. The van der Waals surface area contributed by atoms with Crippen molar-refractivity contribution in [3.05, 3.63) is 89.4 Å². The van der Waals surface area contributed by atoms with Gasteiger partial charge in [0.25, 0.3) is 0 Å². The third-order valence-corrected chi connectivity index (χ3v) is 3.98. The molecule has 0 amide bonds. The van der Waals surface area contributed by atoms with Crippen LogP contribution in [0.4, 0.5) is 0 Å². The lowest BCUT2D eigenvalue weighted by Gasteiger charge is -2.20. The van der Waals surface area contributed by atoms with Gasteiger partial charge in [-0.2, -0.15) is 0 Å². The second-order valence-corrected chi connectivity index (χ2v) is 5.38. The van der Waals surface area contributed by atoms with Crippen molar-refractivity contribution >= 4 is 14.9 Å². The van der Waals surface area contributed by atoms with Crippen molar-refractivity contribution in [1.29, 1.82) is 0 Å². The molecule has 21 heavy (non-hydrogen) atoms. The molecule has 104 valence electrons. The van der Waals surface area contributed by atoms with Gasteiger partial charge in [-0.25, -0.2) is 0 Å². The Labute approximate surface area is 128 Å². The Balaban J connectivity index is 2.15. The number of allylic oxidation sites excluding steroid dienone is 3. The highest BCUT2D eigenvalue weighted by Gasteiger charge is 2.13. The van der Waals surface area contributed by atoms with Crippen molar-refractivity contribution in [2.45, 2.75) is 6.92 Å². The van der Waals surface area contributed by atoms with Crippen molar-refractivity contribution in [2.24, 2.45) is 0 Å². The van der Waals surface area contributed by atoms with E-state index in [2.05, 4.69) is 88.2 Å². The van der Waals surface area contributed by atoms with E-state index < -0.39 is 0 Å². The second-order valence-electron chi connectivity index (χ2n) is 5.05. The zero-order chi connectivity index (χ0) is 14.7. The van der Waals surface area contributed by atoms with Gasteiger partial charge >= 0.3 is 0 Å². The van der Waals surface area contributed by atoms with Crippen LogP contribution in [0.3, 0.4) is 0 Å². The van der Waals surface area contributed by atoms with Crippen LogP contribution in [-0.2, 0) is 0 Å². The monoisotopic (exact) mass is 291 g/mol. The molecule has 1 atom stereocenters. The van der Waals surface area contributed by atoms with Crippen LogP contribution >= 0.6 is 9.24 Å². The summed E-state index contributed by atoms with van der Waals surface area (Å²) in [5.74, 6) is 2.00. The molecule has 1 aliphatic rings. The molecule has 2 heteroatoms. The first-order valence-electron chi connectivity index (χ1n) is 7.02. The predicted octanol–water partition coefficient (Wildman–Crippen LogP) is 4.88. The topological polar surface area (TPSA) is 12.0 Å². The number of rotatable bonds is 2. The number of benzene rings is 2. The van der Waals surface area contributed by atoms with Crippen LogP contribution in [0.5, 0.6) is 0 Å². The number of nitrogens with one attached hydrogen (secondary N) is 1. The summed E-state index contributed by atoms with van der Waals surface area (Å²) < 4.78 is 0. The molecule has 0 radical (unpaired) electrons. The van der Waals surface area contributed by atoms with E-state index in [-0.39, 0.29) is 0 Å². The molecule has 0 aromatic heterocycles. The summed E-state index contributed by atoms with van der Waals surface area (Å²) in [7, 11) is 2.64. The van der Waals surface area contributed by atoms with Gasteiger partial charge in [0.15, 0.2) is 0 Å². The first-order valence-corrected chi connectivity index (χ1v) is 7.69. The SMILES string of the molecule is Cc1cccc(-c2ccccc2)c1C1=CC=C/C(=C/P)N1. The molecule has 0 saturated heterocycles. The molecular weight excluding hydrogens is 273 g/mol. The first kappa shape index (κ1) is 13.9. The number of aryl methyl sites for hydroxylation is 1. The standard InChI is InChI=1S/C19H18NP/c1-14-7-5-11-17(15-8-3-2-4-9-15)19(14)18-12-6-10-16(13-21)20-18/h2-13,20H,21H2,1H3/b16-13-. The van der Waals surface area contributed by atoms with E-state index in [0.29, 0.717) is 0 Å². The minimum atomic E-state index is 1.10. The second kappa shape index (κ2) is 6.11. The van der Waals surface area contributed by atoms with E-state index in [1.165, 1.54) is 22.3 Å². The van der Waals surface area contributed by atoms with E-state index in [9.17, 15) is 0 Å². The summed E-state index contributed by atoms with van der Waals surface area (Å²) in [6.07, 6.45) is 6.28. The Kier molecular flexibility index (Phi) is 4.03. The lowest BCUT2D eigenvalue weighted by molar-refractivity contribution is 1.12. The van der Waals surface area contributed by atoms with Crippen LogP contribution in [0.25, 0.3) is 16.8 Å². The van der Waals surface area contributed by atoms with Crippen molar-refractivity contribution in [2.75, 3.05) is 0 Å². The van der Waals surface area contributed by atoms with Crippen molar-refractivity contribution < 1.29 is 0 Å². The highest BCUT2D eigenvalue weighted by molar-refractivity contribution is 7.20. The highest BCUT2D eigenvalue weighted by atomic mass is 31.0. The summed E-state index contributed by atoms with van der Waals surface area (Å²) in [6.45, 7) is 2.16. The molecule has 1 aliphatic heterocycles. The summed E-state index contributed by atoms with van der Waals surface area (Å²) in [5.41, 5.74) is 7.27. The van der Waals surface area contributed by atoms with E-state index >= 15 is 0 Å². The van der Waals surface area contributed by atoms with Crippen LogP contribution < -0.4 is 5.32 Å². The van der Waals surface area contributed by atoms with Crippen molar-refractivity contribution in [3.63, 3.8) is 0 Å². The van der Waals surface area contributed by atoms with Gasteiger partial charge in [0.2, 0.25) is 0 Å². The summed E-state index contributed by atoms with van der Waals surface area (Å²) in [5, 5.41) is 3.48. The smallest absolute Gasteiger partial charge is 0.0466 e. The fraction of sp³-hybridized carbons (Fsp3) is 0.0526. The minimum absolute atomic E-state index is 1.10. The number of dihydropyridines is 1. The molecule has 2 aromatic rings. The Morgan fingerprint density at radius 2 is 1.81 bits per heavy atom. The minimum Gasteiger partial charge on any atom is -0.355 e. The van der Waals surface area contributed by atoms with E-state index in [0.717, 1.165) is 11.4 Å². The Hall–Kier alpha value is -2.11. The Morgan fingerprint density at radius 3 is 2.57 bits per heavy atom. The van der Waals surface area contributed by atoms with Crippen LogP contribution in [0, 0.1) is 6.92 Å². The maximum atomic E-state index is 3.48. The molecule has 1 unspecified atom stereocenters. The Bertz CT molecular complexity index is 739. The van der Waals surface area contributed by atoms with Crippen LogP contribution in [0.15, 0.2) is 78.3 Å². The fourth-order valence-electron chi connectivity index (χ4n) is 2.61. The van der Waals surface area contributed by atoms with Crippen molar-refractivity contribution in [1.82, 2.24) is 5.32 Å². The van der Waals surface area contributed by atoms with Crippen molar-refractivity contribution in [3.8, 4) is 11.1 Å². The van der Waals surface area contributed by atoms with E-state index in [4.69, 9.17) is 0 Å². The van der Waals surface area contributed by atoms with Gasteiger partial charge in [0.1, 0.15) is 0 Å². The number of hydrogen-bond donors (Lipinski definition) is 1. The molecular formula is C19H18NP. The summed E-state index contributed by atoms with van der Waals surface area (Å²) >= 11 is 0. The third kappa shape index (κ3) is 2.84. The molecule has 2 aromatic carbocycles. The molecule has 0 bridgehead atoms. The van der Waals surface area contributed by atoms with Crippen LogP contribution in [-0.4, -0.2) is 0 Å². The molecule has 0 fully saturated rings. The number of hydrogen-bond acceptors (Lipinski definition) is 1. The predicted molar refractivity (Wildman–Crippen MR) is 94.7 cm³/mol.